The van der Waals surface area contributed by atoms with Gasteiger partial charge in [-0.25, -0.2) is 9.37 Å². The molecule has 0 saturated heterocycles. The van der Waals surface area contributed by atoms with Gasteiger partial charge in [0.1, 0.15) is 5.82 Å². The lowest BCUT2D eigenvalue weighted by Gasteiger charge is -2.40. The number of ether oxygens (including phenoxy) is 1. The second-order valence-electron chi connectivity index (χ2n) is 8.22. The van der Waals surface area contributed by atoms with Crippen molar-refractivity contribution in [3.63, 3.8) is 0 Å². The maximum atomic E-state index is 13.8. The summed E-state index contributed by atoms with van der Waals surface area (Å²) in [6.45, 7) is 1.83. The van der Waals surface area contributed by atoms with Crippen LogP contribution in [0.1, 0.15) is 54.4 Å². The zero-order chi connectivity index (χ0) is 22.0. The minimum absolute atomic E-state index is 0.210. The van der Waals surface area contributed by atoms with Gasteiger partial charge in [0.15, 0.2) is 0 Å². The summed E-state index contributed by atoms with van der Waals surface area (Å²) >= 11 is 0. The van der Waals surface area contributed by atoms with Gasteiger partial charge in [0.05, 0.1) is 29.8 Å². The number of nitrogens with one attached hydrogen (secondary N) is 1. The molecule has 0 spiro atoms. The molecule has 6 nitrogen and oxygen atoms in total. The van der Waals surface area contributed by atoms with Gasteiger partial charge in [-0.05, 0) is 74.4 Å². The Morgan fingerprint density at radius 2 is 2.00 bits per heavy atom. The molecule has 0 radical (unpaired) electrons. The van der Waals surface area contributed by atoms with E-state index in [2.05, 4.69) is 15.3 Å². The molecule has 162 valence electrons. The zero-order valence-corrected chi connectivity index (χ0v) is 17.6. The molecule has 31 heavy (non-hydrogen) atoms. The predicted octanol–water partition coefficient (Wildman–Crippen LogP) is 3.98. The lowest BCUT2D eigenvalue weighted by Crippen LogP contribution is -2.52. The monoisotopic (exact) mass is 423 g/mol. The van der Waals surface area contributed by atoms with Crippen molar-refractivity contribution in [2.45, 2.75) is 50.2 Å². The number of hydrogen-bond acceptors (Lipinski definition) is 5. The molecule has 1 amide bonds. The largest absolute Gasteiger partial charge is 0.481 e. The van der Waals surface area contributed by atoms with Gasteiger partial charge in [-0.15, -0.1) is 0 Å². The maximum Gasteiger partial charge on any atom is 0.253 e. The number of rotatable bonds is 5. The van der Waals surface area contributed by atoms with Crippen molar-refractivity contribution < 1.29 is 19.0 Å². The Morgan fingerprint density at radius 3 is 2.68 bits per heavy atom. The SMILES string of the molecule is COc1ccc(C(=O)N[C@H](C)C2(O)CCC(c3ccnc4ccc(F)cc34)CC2)cn1. The summed E-state index contributed by atoms with van der Waals surface area (Å²) in [5.41, 5.74) is 1.25. The number of amides is 1. The first-order valence-corrected chi connectivity index (χ1v) is 10.5. The summed E-state index contributed by atoms with van der Waals surface area (Å²) in [6.07, 6.45) is 5.78. The number of aliphatic hydroxyl groups is 1. The molecule has 3 aromatic rings. The van der Waals surface area contributed by atoms with Crippen molar-refractivity contribution >= 4 is 16.8 Å². The Labute approximate surface area is 180 Å². The van der Waals surface area contributed by atoms with E-state index in [0.29, 0.717) is 24.3 Å². The number of hydrogen-bond donors (Lipinski definition) is 2. The zero-order valence-electron chi connectivity index (χ0n) is 17.6. The van der Waals surface area contributed by atoms with E-state index in [4.69, 9.17) is 4.74 Å². The van der Waals surface area contributed by atoms with E-state index in [1.807, 2.05) is 13.0 Å². The van der Waals surface area contributed by atoms with Crippen molar-refractivity contribution in [1.29, 1.82) is 0 Å². The van der Waals surface area contributed by atoms with E-state index in [1.165, 1.54) is 25.4 Å². The molecule has 1 fully saturated rings. The van der Waals surface area contributed by atoms with Crippen LogP contribution in [0.15, 0.2) is 48.8 Å². The van der Waals surface area contributed by atoms with Gasteiger partial charge in [-0.1, -0.05) is 0 Å². The van der Waals surface area contributed by atoms with E-state index in [0.717, 1.165) is 29.3 Å². The van der Waals surface area contributed by atoms with Crippen LogP contribution in [0.2, 0.25) is 0 Å². The van der Waals surface area contributed by atoms with Gasteiger partial charge < -0.3 is 15.2 Å². The third-order valence-corrected chi connectivity index (χ3v) is 6.39. The number of halogens is 1. The summed E-state index contributed by atoms with van der Waals surface area (Å²) in [5.74, 6) is 0.0820. The number of fused-ring (bicyclic) bond motifs is 1. The predicted molar refractivity (Wildman–Crippen MR) is 116 cm³/mol. The Bertz CT molecular complexity index is 1080. The molecule has 1 aliphatic carbocycles. The summed E-state index contributed by atoms with van der Waals surface area (Å²) in [7, 11) is 1.52. The lowest BCUT2D eigenvalue weighted by molar-refractivity contribution is -0.0276. The topological polar surface area (TPSA) is 84.3 Å². The van der Waals surface area contributed by atoms with Crippen molar-refractivity contribution in [3.8, 4) is 5.88 Å². The fourth-order valence-electron chi connectivity index (χ4n) is 4.41. The molecule has 4 rings (SSSR count). The smallest absolute Gasteiger partial charge is 0.253 e. The quantitative estimate of drug-likeness (QED) is 0.648. The van der Waals surface area contributed by atoms with Crippen LogP contribution < -0.4 is 10.1 Å². The first-order chi connectivity index (χ1) is 14.9. The van der Waals surface area contributed by atoms with Crippen molar-refractivity contribution in [2.24, 2.45) is 0 Å². The second-order valence-corrected chi connectivity index (χ2v) is 8.22. The van der Waals surface area contributed by atoms with Crippen LogP contribution in [0.25, 0.3) is 10.9 Å². The van der Waals surface area contributed by atoms with Crippen molar-refractivity contribution in [1.82, 2.24) is 15.3 Å². The molecule has 0 aliphatic heterocycles. The molecule has 2 N–H and O–H groups in total. The lowest BCUT2D eigenvalue weighted by atomic mass is 9.73. The molecular formula is C24H26FN3O3. The number of benzene rings is 1. The molecular weight excluding hydrogens is 397 g/mol. The second kappa shape index (κ2) is 8.59. The van der Waals surface area contributed by atoms with Crippen LogP contribution in [0.5, 0.6) is 5.88 Å². The highest BCUT2D eigenvalue weighted by atomic mass is 19.1. The van der Waals surface area contributed by atoms with Gasteiger partial charge in [0, 0.05) is 23.8 Å². The Morgan fingerprint density at radius 1 is 1.23 bits per heavy atom. The van der Waals surface area contributed by atoms with E-state index in [-0.39, 0.29) is 17.6 Å². The van der Waals surface area contributed by atoms with Gasteiger partial charge in [-0.2, -0.15) is 0 Å². The molecule has 2 heterocycles. The van der Waals surface area contributed by atoms with Crippen molar-refractivity contribution in [2.75, 3.05) is 7.11 Å². The molecule has 1 aromatic carbocycles. The molecule has 0 bridgehead atoms. The summed E-state index contributed by atoms with van der Waals surface area (Å²) in [5, 5.41) is 14.9. The van der Waals surface area contributed by atoms with Crippen molar-refractivity contribution in [3.05, 3.63) is 65.7 Å². The van der Waals surface area contributed by atoms with Crippen LogP contribution in [0, 0.1) is 5.82 Å². The van der Waals surface area contributed by atoms with Crippen LogP contribution in [-0.2, 0) is 0 Å². The standard InChI is InChI=1S/C24H26FN3O3/c1-15(28-23(29)17-3-6-22(31-2)27-14-17)24(30)10-7-16(8-11-24)19-9-12-26-21-5-4-18(25)13-20(19)21/h3-6,9,12-16,30H,7-8,10-11H2,1-2H3,(H,28,29)/t15-,16?,24?/m1/s1. The number of aromatic nitrogens is 2. The molecule has 0 unspecified atom stereocenters. The molecule has 2 aromatic heterocycles. The number of methoxy groups -OCH3 is 1. The number of nitrogens with zero attached hydrogens (tertiary/aromatic N) is 2. The van der Waals surface area contributed by atoms with Crippen LogP contribution in [0.3, 0.4) is 0 Å². The third kappa shape index (κ3) is 4.37. The van der Waals surface area contributed by atoms with E-state index in [1.54, 1.807) is 24.4 Å². The van der Waals surface area contributed by atoms with Gasteiger partial charge >= 0.3 is 0 Å². The van der Waals surface area contributed by atoms with E-state index >= 15 is 0 Å². The highest BCUT2D eigenvalue weighted by Crippen LogP contribution is 2.41. The van der Waals surface area contributed by atoms with Crippen LogP contribution >= 0.6 is 0 Å². The highest BCUT2D eigenvalue weighted by Gasteiger charge is 2.39. The Hall–Kier alpha value is -3.06. The number of carbonyl (C=O) groups excluding carboxylic acids is 1. The normalized spacial score (nSPS) is 22.1. The molecule has 7 heteroatoms. The fraction of sp³-hybridized carbons (Fsp3) is 0.375. The first kappa shape index (κ1) is 21.2. The minimum atomic E-state index is -1.000. The molecule has 1 atom stereocenters. The van der Waals surface area contributed by atoms with Gasteiger partial charge in [0.25, 0.3) is 5.91 Å². The van der Waals surface area contributed by atoms with Gasteiger partial charge in [-0.3, -0.25) is 9.78 Å². The number of carbonyl (C=O) groups is 1. The molecule has 1 aliphatic rings. The van der Waals surface area contributed by atoms with E-state index < -0.39 is 11.6 Å². The molecule has 1 saturated carbocycles. The maximum absolute atomic E-state index is 13.8. The fourth-order valence-corrected chi connectivity index (χ4v) is 4.41. The summed E-state index contributed by atoms with van der Waals surface area (Å²) < 4.78 is 18.8. The van der Waals surface area contributed by atoms with Crippen LogP contribution in [0.4, 0.5) is 4.39 Å². The summed E-state index contributed by atoms with van der Waals surface area (Å²) in [6, 6.07) is 9.43. The summed E-state index contributed by atoms with van der Waals surface area (Å²) in [4.78, 5) is 20.9. The first-order valence-electron chi connectivity index (χ1n) is 10.5. The van der Waals surface area contributed by atoms with Crippen LogP contribution in [-0.4, -0.2) is 39.7 Å². The number of pyridine rings is 2. The highest BCUT2D eigenvalue weighted by molar-refractivity contribution is 5.94. The van der Waals surface area contributed by atoms with Gasteiger partial charge in [0.2, 0.25) is 5.88 Å². The van der Waals surface area contributed by atoms with E-state index in [9.17, 15) is 14.3 Å². The Balaban J connectivity index is 1.43. The average molecular weight is 423 g/mol. The average Bonchev–Trinajstić information content (AvgIpc) is 2.79. The Kier molecular flexibility index (Phi) is 5.87. The minimum Gasteiger partial charge on any atom is -0.481 e. The third-order valence-electron chi connectivity index (χ3n) is 6.39.